The molecule has 1 amide bonds. The Kier molecular flexibility index (Phi) is 3.82. The van der Waals surface area contributed by atoms with E-state index < -0.39 is 0 Å². The highest BCUT2D eigenvalue weighted by Crippen LogP contribution is 2.35. The zero-order valence-electron chi connectivity index (χ0n) is 10.5. The third-order valence-electron chi connectivity index (χ3n) is 3.62. The summed E-state index contributed by atoms with van der Waals surface area (Å²) in [6.07, 6.45) is 2.18. The average Bonchev–Trinajstić information content (AvgIpc) is 2.79. The standard InChI is InChI=1S/C12H17ClN4O/c1-8(2)12(3-4-14-6-12)11(18)17-10-5-9(13)15-7-16-10/h5,7-8,14H,3-4,6H2,1-2H3,(H,15,16,17,18). The third-order valence-corrected chi connectivity index (χ3v) is 3.83. The van der Waals surface area contributed by atoms with Crippen molar-refractivity contribution in [3.8, 4) is 0 Å². The normalized spacial score (nSPS) is 23.3. The molecule has 0 bridgehead atoms. The fourth-order valence-corrected chi connectivity index (χ4v) is 2.45. The van der Waals surface area contributed by atoms with Gasteiger partial charge in [-0.05, 0) is 18.9 Å². The van der Waals surface area contributed by atoms with Crippen LogP contribution < -0.4 is 10.6 Å². The van der Waals surface area contributed by atoms with Crippen LogP contribution in [-0.4, -0.2) is 29.0 Å². The number of carbonyl (C=O) groups is 1. The minimum absolute atomic E-state index is 0.00253. The number of hydrogen-bond donors (Lipinski definition) is 2. The maximum absolute atomic E-state index is 12.4. The number of halogens is 1. The molecule has 98 valence electrons. The molecule has 0 aliphatic carbocycles. The number of nitrogens with zero attached hydrogens (tertiary/aromatic N) is 2. The van der Waals surface area contributed by atoms with Gasteiger partial charge in [0.15, 0.2) is 0 Å². The van der Waals surface area contributed by atoms with E-state index in [0.717, 1.165) is 13.0 Å². The zero-order valence-corrected chi connectivity index (χ0v) is 11.3. The number of amides is 1. The summed E-state index contributed by atoms with van der Waals surface area (Å²) < 4.78 is 0. The van der Waals surface area contributed by atoms with Crippen molar-refractivity contribution in [1.29, 1.82) is 0 Å². The number of carbonyl (C=O) groups excluding carboxylic acids is 1. The van der Waals surface area contributed by atoms with E-state index >= 15 is 0 Å². The second kappa shape index (κ2) is 5.20. The lowest BCUT2D eigenvalue weighted by molar-refractivity contribution is -0.126. The van der Waals surface area contributed by atoms with Gasteiger partial charge in [0.05, 0.1) is 5.41 Å². The van der Waals surface area contributed by atoms with Gasteiger partial charge in [0.2, 0.25) is 5.91 Å². The van der Waals surface area contributed by atoms with E-state index in [-0.39, 0.29) is 17.2 Å². The minimum atomic E-state index is -0.364. The lowest BCUT2D eigenvalue weighted by Gasteiger charge is -2.30. The molecule has 1 aromatic rings. The Balaban J connectivity index is 2.16. The average molecular weight is 269 g/mol. The molecular formula is C12H17ClN4O. The van der Waals surface area contributed by atoms with Crippen molar-refractivity contribution in [2.24, 2.45) is 11.3 Å². The van der Waals surface area contributed by atoms with Crippen molar-refractivity contribution < 1.29 is 4.79 Å². The molecule has 1 atom stereocenters. The van der Waals surface area contributed by atoms with Crippen LogP contribution in [0.3, 0.4) is 0 Å². The SMILES string of the molecule is CC(C)C1(C(=O)Nc2cc(Cl)ncn2)CCNC1. The van der Waals surface area contributed by atoms with Gasteiger partial charge in [-0.2, -0.15) is 0 Å². The van der Waals surface area contributed by atoms with E-state index in [9.17, 15) is 4.79 Å². The Morgan fingerprint density at radius 2 is 2.33 bits per heavy atom. The van der Waals surface area contributed by atoms with Crippen LogP contribution in [-0.2, 0) is 4.79 Å². The van der Waals surface area contributed by atoms with Crippen LogP contribution in [0.1, 0.15) is 20.3 Å². The molecule has 5 nitrogen and oxygen atoms in total. The van der Waals surface area contributed by atoms with Crippen molar-refractivity contribution >= 4 is 23.3 Å². The first-order chi connectivity index (χ1) is 8.54. The second-order valence-corrected chi connectivity index (χ2v) is 5.30. The molecule has 1 aromatic heterocycles. The van der Waals surface area contributed by atoms with Gasteiger partial charge in [-0.1, -0.05) is 25.4 Å². The molecule has 1 fully saturated rings. The molecule has 0 saturated carbocycles. The van der Waals surface area contributed by atoms with Crippen LogP contribution in [0, 0.1) is 11.3 Å². The van der Waals surface area contributed by atoms with E-state index in [1.165, 1.54) is 6.33 Å². The highest BCUT2D eigenvalue weighted by Gasteiger charge is 2.43. The Morgan fingerprint density at radius 3 is 2.89 bits per heavy atom. The highest BCUT2D eigenvalue weighted by molar-refractivity contribution is 6.29. The summed E-state index contributed by atoms with van der Waals surface area (Å²) in [6.45, 7) is 5.71. The molecule has 0 radical (unpaired) electrons. The van der Waals surface area contributed by atoms with E-state index in [4.69, 9.17) is 11.6 Å². The van der Waals surface area contributed by atoms with Crippen molar-refractivity contribution in [2.45, 2.75) is 20.3 Å². The topological polar surface area (TPSA) is 66.9 Å². The van der Waals surface area contributed by atoms with Crippen molar-refractivity contribution in [3.05, 3.63) is 17.5 Å². The van der Waals surface area contributed by atoms with Crippen LogP contribution in [0.2, 0.25) is 5.15 Å². The summed E-state index contributed by atoms with van der Waals surface area (Å²) in [5.41, 5.74) is -0.364. The second-order valence-electron chi connectivity index (χ2n) is 4.92. The lowest BCUT2D eigenvalue weighted by Crippen LogP contribution is -2.42. The molecule has 1 aliphatic heterocycles. The van der Waals surface area contributed by atoms with Crippen LogP contribution >= 0.6 is 11.6 Å². The summed E-state index contributed by atoms with van der Waals surface area (Å²) in [5, 5.41) is 6.41. The molecule has 18 heavy (non-hydrogen) atoms. The van der Waals surface area contributed by atoms with Crippen LogP contribution in [0.4, 0.5) is 5.82 Å². The Bertz CT molecular complexity index is 443. The predicted octanol–water partition coefficient (Wildman–Crippen LogP) is 1.70. The third kappa shape index (κ3) is 2.47. The van der Waals surface area contributed by atoms with Gasteiger partial charge in [-0.25, -0.2) is 9.97 Å². The van der Waals surface area contributed by atoms with Gasteiger partial charge in [-0.15, -0.1) is 0 Å². The van der Waals surface area contributed by atoms with Gasteiger partial charge in [0.25, 0.3) is 0 Å². The summed E-state index contributed by atoms with van der Waals surface area (Å²) >= 11 is 5.77. The van der Waals surface area contributed by atoms with E-state index in [1.807, 2.05) is 0 Å². The van der Waals surface area contributed by atoms with E-state index in [0.29, 0.717) is 17.5 Å². The molecule has 2 rings (SSSR count). The number of rotatable bonds is 3. The van der Waals surface area contributed by atoms with Crippen molar-refractivity contribution in [2.75, 3.05) is 18.4 Å². The number of aromatic nitrogens is 2. The van der Waals surface area contributed by atoms with Crippen molar-refractivity contribution in [3.63, 3.8) is 0 Å². The summed E-state index contributed by atoms with van der Waals surface area (Å²) in [5.74, 6) is 0.717. The van der Waals surface area contributed by atoms with Gasteiger partial charge < -0.3 is 10.6 Å². The summed E-state index contributed by atoms with van der Waals surface area (Å²) in [6, 6.07) is 1.55. The molecular weight excluding hydrogens is 252 g/mol. The first kappa shape index (κ1) is 13.2. The fourth-order valence-electron chi connectivity index (χ4n) is 2.30. The number of anilines is 1. The highest BCUT2D eigenvalue weighted by atomic mass is 35.5. The molecule has 1 aliphatic rings. The monoisotopic (exact) mass is 268 g/mol. The Morgan fingerprint density at radius 1 is 1.56 bits per heavy atom. The predicted molar refractivity (Wildman–Crippen MR) is 70.4 cm³/mol. The molecule has 0 spiro atoms. The quantitative estimate of drug-likeness (QED) is 0.819. The first-order valence-electron chi connectivity index (χ1n) is 6.04. The van der Waals surface area contributed by atoms with Gasteiger partial charge in [0.1, 0.15) is 17.3 Å². The van der Waals surface area contributed by atoms with Crippen LogP contribution in [0.5, 0.6) is 0 Å². The summed E-state index contributed by atoms with van der Waals surface area (Å²) in [4.78, 5) is 20.2. The summed E-state index contributed by atoms with van der Waals surface area (Å²) in [7, 11) is 0. The maximum atomic E-state index is 12.4. The van der Waals surface area contributed by atoms with Crippen molar-refractivity contribution in [1.82, 2.24) is 15.3 Å². The van der Waals surface area contributed by atoms with Gasteiger partial charge in [0, 0.05) is 12.6 Å². The Labute approximate surface area is 111 Å². The number of hydrogen-bond acceptors (Lipinski definition) is 4. The molecule has 1 saturated heterocycles. The van der Waals surface area contributed by atoms with Crippen LogP contribution in [0.25, 0.3) is 0 Å². The van der Waals surface area contributed by atoms with Gasteiger partial charge in [-0.3, -0.25) is 4.79 Å². The number of nitrogens with one attached hydrogen (secondary N) is 2. The van der Waals surface area contributed by atoms with E-state index in [2.05, 4.69) is 34.4 Å². The lowest BCUT2D eigenvalue weighted by atomic mass is 9.75. The van der Waals surface area contributed by atoms with Gasteiger partial charge >= 0.3 is 0 Å². The molecule has 1 unspecified atom stereocenters. The molecule has 6 heteroatoms. The smallest absolute Gasteiger partial charge is 0.233 e. The first-order valence-corrected chi connectivity index (χ1v) is 6.42. The van der Waals surface area contributed by atoms with Crippen LogP contribution in [0.15, 0.2) is 12.4 Å². The van der Waals surface area contributed by atoms with E-state index in [1.54, 1.807) is 6.07 Å². The molecule has 2 N–H and O–H groups in total. The minimum Gasteiger partial charge on any atom is -0.316 e. The Hall–Kier alpha value is -1.20. The zero-order chi connectivity index (χ0) is 13.2. The largest absolute Gasteiger partial charge is 0.316 e. The molecule has 0 aromatic carbocycles. The maximum Gasteiger partial charge on any atom is 0.233 e. The fraction of sp³-hybridized carbons (Fsp3) is 0.583. The molecule has 2 heterocycles.